The first-order valence-electron chi connectivity index (χ1n) is 12.6. The first-order valence-corrected chi connectivity index (χ1v) is 12.6. The number of fused-ring (bicyclic) bond motifs is 2. The second kappa shape index (κ2) is 10.2. The quantitative estimate of drug-likeness (QED) is 0.406. The fraction of sp³-hybridized carbons (Fsp3) is 0.464. The van der Waals surface area contributed by atoms with Crippen LogP contribution in [0.3, 0.4) is 0 Å². The summed E-state index contributed by atoms with van der Waals surface area (Å²) in [6.07, 6.45) is 2.57. The van der Waals surface area contributed by atoms with E-state index in [1.54, 1.807) is 4.90 Å². The lowest BCUT2D eigenvalue weighted by atomic mass is 9.82. The molecule has 2 aliphatic carbocycles. The summed E-state index contributed by atoms with van der Waals surface area (Å²) < 4.78 is 16.1. The number of ether oxygens (including phenoxy) is 3. The van der Waals surface area contributed by atoms with E-state index in [9.17, 15) is 14.4 Å². The second-order valence-corrected chi connectivity index (χ2v) is 9.76. The van der Waals surface area contributed by atoms with Crippen LogP contribution in [0.5, 0.6) is 0 Å². The summed E-state index contributed by atoms with van der Waals surface area (Å²) in [7, 11) is 1.28. The summed E-state index contributed by atoms with van der Waals surface area (Å²) in [6, 6.07) is 17.1. The van der Waals surface area contributed by atoms with Crippen LogP contribution in [0, 0.1) is 5.92 Å². The molecule has 8 heteroatoms. The number of benzene rings is 2. The second-order valence-electron chi connectivity index (χ2n) is 9.76. The van der Waals surface area contributed by atoms with Crippen molar-refractivity contribution in [3.8, 4) is 0 Å². The number of hydrogen-bond acceptors (Lipinski definition) is 6. The average Bonchev–Trinajstić information content (AvgIpc) is 3.62. The molecule has 4 atom stereocenters. The van der Waals surface area contributed by atoms with Gasteiger partial charge in [0.15, 0.2) is 6.10 Å². The van der Waals surface area contributed by atoms with Crippen molar-refractivity contribution in [1.82, 2.24) is 4.90 Å². The SMILES string of the molecule is COC(=O)C(C)OC(=O)N(C1CC1)C1c2ccccc2N(C(=O)OCc2ccccc2)C2CCCC21. The van der Waals surface area contributed by atoms with Crippen LogP contribution in [0.25, 0.3) is 0 Å². The van der Waals surface area contributed by atoms with E-state index in [1.807, 2.05) is 59.5 Å². The lowest BCUT2D eigenvalue weighted by molar-refractivity contribution is -0.150. The molecule has 0 spiro atoms. The summed E-state index contributed by atoms with van der Waals surface area (Å²) in [4.78, 5) is 42.4. The zero-order valence-corrected chi connectivity index (χ0v) is 20.7. The third kappa shape index (κ3) is 4.64. The van der Waals surface area contributed by atoms with Gasteiger partial charge in [-0.3, -0.25) is 9.80 Å². The fourth-order valence-electron chi connectivity index (χ4n) is 5.67. The van der Waals surface area contributed by atoms with E-state index >= 15 is 0 Å². The molecule has 2 saturated carbocycles. The summed E-state index contributed by atoms with van der Waals surface area (Å²) >= 11 is 0. The summed E-state index contributed by atoms with van der Waals surface area (Å²) in [5, 5.41) is 0. The van der Waals surface area contributed by atoms with Crippen LogP contribution in [0.2, 0.25) is 0 Å². The van der Waals surface area contributed by atoms with Crippen LogP contribution < -0.4 is 4.90 Å². The maximum absolute atomic E-state index is 13.4. The highest BCUT2D eigenvalue weighted by Crippen LogP contribution is 2.52. The number of carbonyl (C=O) groups excluding carboxylic acids is 3. The summed E-state index contributed by atoms with van der Waals surface area (Å²) in [5.41, 5.74) is 2.61. The molecule has 3 aliphatic rings. The van der Waals surface area contributed by atoms with E-state index in [0.717, 1.165) is 48.9 Å². The Morgan fingerprint density at radius 3 is 2.44 bits per heavy atom. The summed E-state index contributed by atoms with van der Waals surface area (Å²) in [6.45, 7) is 1.72. The average molecular weight is 493 g/mol. The molecule has 0 N–H and O–H groups in total. The van der Waals surface area contributed by atoms with Gasteiger partial charge in [-0.05, 0) is 49.8 Å². The van der Waals surface area contributed by atoms with Gasteiger partial charge in [0, 0.05) is 18.0 Å². The highest BCUT2D eigenvalue weighted by atomic mass is 16.6. The van der Waals surface area contributed by atoms with Crippen LogP contribution in [0.4, 0.5) is 15.3 Å². The van der Waals surface area contributed by atoms with Crippen molar-refractivity contribution in [3.63, 3.8) is 0 Å². The highest BCUT2D eigenvalue weighted by molar-refractivity contribution is 5.91. The van der Waals surface area contributed by atoms with Crippen LogP contribution in [-0.4, -0.2) is 48.4 Å². The molecule has 1 heterocycles. The van der Waals surface area contributed by atoms with Crippen molar-refractivity contribution >= 4 is 23.8 Å². The first-order chi connectivity index (χ1) is 17.5. The zero-order valence-electron chi connectivity index (χ0n) is 20.7. The minimum atomic E-state index is -0.994. The van der Waals surface area contributed by atoms with E-state index in [4.69, 9.17) is 14.2 Å². The molecule has 36 heavy (non-hydrogen) atoms. The smallest absolute Gasteiger partial charge is 0.414 e. The minimum absolute atomic E-state index is 0.0470. The molecule has 0 aromatic heterocycles. The predicted octanol–water partition coefficient (Wildman–Crippen LogP) is 5.22. The molecule has 5 rings (SSSR count). The van der Waals surface area contributed by atoms with Crippen LogP contribution >= 0.6 is 0 Å². The van der Waals surface area contributed by atoms with Gasteiger partial charge in [0.25, 0.3) is 0 Å². The molecule has 2 aromatic carbocycles. The number of para-hydroxylation sites is 1. The highest BCUT2D eigenvalue weighted by Gasteiger charge is 2.52. The van der Waals surface area contributed by atoms with E-state index < -0.39 is 18.2 Å². The third-order valence-electron chi connectivity index (χ3n) is 7.45. The van der Waals surface area contributed by atoms with Gasteiger partial charge in [-0.25, -0.2) is 14.4 Å². The van der Waals surface area contributed by atoms with Gasteiger partial charge in [0.1, 0.15) is 6.61 Å². The van der Waals surface area contributed by atoms with Gasteiger partial charge >= 0.3 is 18.2 Å². The Labute approximate surface area is 211 Å². The monoisotopic (exact) mass is 492 g/mol. The van der Waals surface area contributed by atoms with Crippen molar-refractivity contribution in [2.75, 3.05) is 12.0 Å². The minimum Gasteiger partial charge on any atom is -0.466 e. The standard InChI is InChI=1S/C28H32N2O6/c1-18(26(31)34-2)36-28(33)29(20-15-16-20)25-21-11-6-7-13-23(21)30(24-14-8-12-22(24)25)27(32)35-17-19-9-4-3-5-10-19/h3-7,9-11,13,18,20,22,24-25H,8,12,14-17H2,1-2H3. The molecule has 0 saturated heterocycles. The number of esters is 1. The molecule has 190 valence electrons. The summed E-state index contributed by atoms with van der Waals surface area (Å²) in [5.74, 6) is -0.542. The van der Waals surface area contributed by atoms with Crippen LogP contribution in [0.1, 0.15) is 56.2 Å². The maximum Gasteiger partial charge on any atom is 0.414 e. The van der Waals surface area contributed by atoms with E-state index in [0.29, 0.717) is 0 Å². The Morgan fingerprint density at radius 1 is 1.00 bits per heavy atom. The number of nitrogens with zero attached hydrogens (tertiary/aromatic N) is 2. The Hall–Kier alpha value is -3.55. The number of methoxy groups -OCH3 is 1. The molecule has 8 nitrogen and oxygen atoms in total. The largest absolute Gasteiger partial charge is 0.466 e. The van der Waals surface area contributed by atoms with Gasteiger partial charge < -0.3 is 14.2 Å². The van der Waals surface area contributed by atoms with Gasteiger partial charge in [-0.15, -0.1) is 0 Å². The first kappa shape index (κ1) is 24.2. The van der Waals surface area contributed by atoms with Crippen LogP contribution in [0.15, 0.2) is 54.6 Å². The van der Waals surface area contributed by atoms with Crippen molar-refractivity contribution in [2.45, 2.75) is 69.9 Å². The topological polar surface area (TPSA) is 85.4 Å². The number of carbonyl (C=O) groups is 3. The van der Waals surface area contributed by atoms with Crippen molar-refractivity contribution < 1.29 is 28.6 Å². The van der Waals surface area contributed by atoms with Gasteiger partial charge in [-0.2, -0.15) is 0 Å². The van der Waals surface area contributed by atoms with Crippen molar-refractivity contribution in [1.29, 1.82) is 0 Å². The molecule has 4 unspecified atom stereocenters. The maximum atomic E-state index is 13.4. The predicted molar refractivity (Wildman–Crippen MR) is 132 cm³/mol. The molecule has 2 fully saturated rings. The fourth-order valence-corrected chi connectivity index (χ4v) is 5.67. The molecule has 1 aliphatic heterocycles. The molecular weight excluding hydrogens is 460 g/mol. The van der Waals surface area contributed by atoms with E-state index in [2.05, 4.69) is 0 Å². The van der Waals surface area contributed by atoms with Gasteiger partial charge in [-0.1, -0.05) is 55.0 Å². The van der Waals surface area contributed by atoms with E-state index in [-0.39, 0.29) is 36.7 Å². The Morgan fingerprint density at radius 2 is 1.72 bits per heavy atom. The lowest BCUT2D eigenvalue weighted by Crippen LogP contribution is -2.53. The number of amides is 2. The number of rotatable bonds is 6. The van der Waals surface area contributed by atoms with Gasteiger partial charge in [0.2, 0.25) is 0 Å². The molecule has 0 bridgehead atoms. The van der Waals surface area contributed by atoms with E-state index in [1.165, 1.54) is 14.0 Å². The van der Waals surface area contributed by atoms with Crippen molar-refractivity contribution in [2.24, 2.45) is 5.92 Å². The third-order valence-corrected chi connectivity index (χ3v) is 7.45. The van der Waals surface area contributed by atoms with Gasteiger partial charge in [0.05, 0.1) is 18.8 Å². The number of hydrogen-bond donors (Lipinski definition) is 0. The zero-order chi connectivity index (χ0) is 25.2. The Bertz CT molecular complexity index is 1120. The lowest BCUT2D eigenvalue weighted by Gasteiger charge is -2.46. The molecule has 2 amide bonds. The molecule has 2 aromatic rings. The Kier molecular flexibility index (Phi) is 6.85. The Balaban J connectivity index is 1.45. The van der Waals surface area contributed by atoms with Crippen LogP contribution in [-0.2, 0) is 25.6 Å². The van der Waals surface area contributed by atoms with Crippen molar-refractivity contribution in [3.05, 3.63) is 65.7 Å². The molecular formula is C28H32N2O6. The number of anilines is 1. The molecule has 0 radical (unpaired) electrons. The normalized spacial score (nSPS) is 23.2.